The van der Waals surface area contributed by atoms with Gasteiger partial charge in [0.2, 0.25) is 5.91 Å². The van der Waals surface area contributed by atoms with E-state index < -0.39 is 48.9 Å². The Morgan fingerprint density at radius 2 is 1.42 bits per heavy atom. The van der Waals surface area contributed by atoms with Crippen molar-refractivity contribution in [3.8, 4) is 11.1 Å². The van der Waals surface area contributed by atoms with Gasteiger partial charge in [-0.05, 0) is 86.7 Å². The second kappa shape index (κ2) is 25.6. The number of nitrogens with two attached hydrogens (primary N) is 3. The molecule has 0 bridgehead atoms. The molecular weight excluding hydrogens is 800 g/mol. The molecule has 0 saturated heterocycles. The molecule has 1 aromatic heterocycles. The number of carbonyl (C=O) groups is 3. The maximum absolute atomic E-state index is 13.5. The summed E-state index contributed by atoms with van der Waals surface area (Å²) in [5, 5.41) is 74.4. The van der Waals surface area contributed by atoms with Gasteiger partial charge in [0.1, 0.15) is 24.4 Å². The molecule has 60 heavy (non-hydrogen) atoms. The number of carboxylic acids is 1. The standard InChI is InChI=1S/C40H59ClN10O9/c41-35-37(44)49-36(43)32(48-35)38(58)50-40(45)47-20-4-2-6-24-8-13-26(14-9-24)27-15-10-25(11-16-27)12-17-31(55)51(28(39(59)60)7-1-3-18-42)21-5-19-46-22-29(53)33(56)34(57)30(54)23-52/h8-11,13-16,28-30,33-34,46,52-54,56-57H,1-7,12,17-23,42H2,(H,59,60)(H4,43,44,49)(H3,45,47,50,58)/t28-,29-,30+,33+,34+/m0/s1. The van der Waals surface area contributed by atoms with Crippen LogP contribution in [0, 0.1) is 5.41 Å². The van der Waals surface area contributed by atoms with Crippen molar-refractivity contribution in [3.05, 3.63) is 70.5 Å². The molecule has 0 spiro atoms. The number of aliphatic carboxylic acids is 1. The van der Waals surface area contributed by atoms with Crippen LogP contribution < -0.4 is 33.2 Å². The molecule has 3 rings (SSSR count). The summed E-state index contributed by atoms with van der Waals surface area (Å²) >= 11 is 5.82. The number of aliphatic hydroxyl groups is 5. The van der Waals surface area contributed by atoms with E-state index in [2.05, 4.69) is 38.1 Å². The van der Waals surface area contributed by atoms with E-state index in [1.54, 1.807) is 0 Å². The summed E-state index contributed by atoms with van der Waals surface area (Å²) in [5.74, 6) is -2.66. The summed E-state index contributed by atoms with van der Waals surface area (Å²) in [6.07, 6.45) is -1.92. The number of halogens is 1. The number of carbonyl (C=O) groups excluding carboxylic acids is 2. The van der Waals surface area contributed by atoms with Crippen LogP contribution in [-0.2, 0) is 22.4 Å². The number of unbranched alkanes of at least 4 members (excludes halogenated alkanes) is 2. The van der Waals surface area contributed by atoms with Crippen molar-refractivity contribution in [1.29, 1.82) is 5.41 Å². The van der Waals surface area contributed by atoms with E-state index in [1.165, 1.54) is 4.90 Å². The van der Waals surface area contributed by atoms with Crippen molar-refractivity contribution < 1.29 is 45.0 Å². The van der Waals surface area contributed by atoms with E-state index in [1.807, 2.05) is 36.4 Å². The van der Waals surface area contributed by atoms with Crippen molar-refractivity contribution in [2.24, 2.45) is 5.73 Å². The summed E-state index contributed by atoms with van der Waals surface area (Å²) in [4.78, 5) is 47.2. The van der Waals surface area contributed by atoms with Crippen LogP contribution in [0.4, 0.5) is 11.6 Å². The average molecular weight is 859 g/mol. The van der Waals surface area contributed by atoms with E-state index in [9.17, 15) is 39.9 Å². The van der Waals surface area contributed by atoms with Crippen LogP contribution in [0.1, 0.15) is 66.6 Å². The SMILES string of the molecule is N=C(NCCCCc1ccc(-c2ccc(CCC(=O)N(CCCNC[C@H](O)[C@@H](O)[C@H](O)[C@H](O)CO)[C@@H](CCCCN)C(=O)O)cc2)cc1)NC(=O)c1nc(Cl)c(N)nc1N. The van der Waals surface area contributed by atoms with E-state index in [0.29, 0.717) is 38.8 Å². The third-order valence-corrected chi connectivity index (χ3v) is 10.0. The molecule has 2 aromatic carbocycles. The van der Waals surface area contributed by atoms with Crippen LogP contribution in [0.2, 0.25) is 5.15 Å². The van der Waals surface area contributed by atoms with Crippen LogP contribution in [0.3, 0.4) is 0 Å². The van der Waals surface area contributed by atoms with Crippen LogP contribution in [0.5, 0.6) is 0 Å². The molecule has 2 amide bonds. The molecule has 0 aliphatic carbocycles. The number of nitrogen functional groups attached to an aromatic ring is 2. The lowest BCUT2D eigenvalue weighted by Gasteiger charge is -2.30. The zero-order valence-electron chi connectivity index (χ0n) is 33.5. The molecule has 19 nitrogen and oxygen atoms in total. The first kappa shape index (κ1) is 49.4. The minimum Gasteiger partial charge on any atom is -0.480 e. The van der Waals surface area contributed by atoms with E-state index in [0.717, 1.165) is 41.5 Å². The van der Waals surface area contributed by atoms with Gasteiger partial charge in [0, 0.05) is 26.1 Å². The van der Waals surface area contributed by atoms with Crippen molar-refractivity contribution in [2.75, 3.05) is 50.8 Å². The molecule has 5 atom stereocenters. The number of benzene rings is 2. The van der Waals surface area contributed by atoms with Gasteiger partial charge in [-0.3, -0.25) is 20.3 Å². The molecule has 1 heterocycles. The fourth-order valence-electron chi connectivity index (χ4n) is 6.27. The van der Waals surface area contributed by atoms with Gasteiger partial charge in [-0.15, -0.1) is 0 Å². The van der Waals surface area contributed by atoms with Crippen LogP contribution >= 0.6 is 11.6 Å². The number of hydrogen-bond donors (Lipinski definition) is 13. The lowest BCUT2D eigenvalue weighted by atomic mass is 9.99. The smallest absolute Gasteiger partial charge is 0.326 e. The Bertz CT molecular complexity index is 1820. The lowest BCUT2D eigenvalue weighted by Crippen LogP contribution is -2.49. The molecule has 0 aliphatic heterocycles. The van der Waals surface area contributed by atoms with Gasteiger partial charge in [0.15, 0.2) is 28.4 Å². The zero-order chi connectivity index (χ0) is 44.2. The quantitative estimate of drug-likeness (QED) is 0.0287. The summed E-state index contributed by atoms with van der Waals surface area (Å²) in [5.41, 5.74) is 20.7. The third-order valence-electron chi connectivity index (χ3n) is 9.77. The molecule has 20 heteroatoms. The summed E-state index contributed by atoms with van der Waals surface area (Å²) in [6, 6.07) is 15.0. The molecule has 0 aliphatic rings. The van der Waals surface area contributed by atoms with Crippen molar-refractivity contribution in [3.63, 3.8) is 0 Å². The topological polar surface area (TPSA) is 340 Å². The lowest BCUT2D eigenvalue weighted by molar-refractivity contribution is -0.150. The molecular formula is C40H59ClN10O9. The Hall–Kier alpha value is -4.99. The highest BCUT2D eigenvalue weighted by molar-refractivity contribution is 6.31. The second-order valence-electron chi connectivity index (χ2n) is 14.3. The van der Waals surface area contributed by atoms with Crippen molar-refractivity contribution in [2.45, 2.75) is 88.2 Å². The number of hydrogen-bond acceptors (Lipinski definition) is 15. The van der Waals surface area contributed by atoms with Gasteiger partial charge in [-0.2, -0.15) is 0 Å². The van der Waals surface area contributed by atoms with Crippen LogP contribution in [-0.4, -0.2) is 139 Å². The second-order valence-corrected chi connectivity index (χ2v) is 14.7. The highest BCUT2D eigenvalue weighted by Gasteiger charge is 2.31. The first-order valence-electron chi connectivity index (χ1n) is 19.8. The van der Waals surface area contributed by atoms with Crippen LogP contribution in [0.25, 0.3) is 11.1 Å². The normalized spacial score (nSPS) is 13.8. The molecule has 330 valence electrons. The number of aryl methyl sites for hydroxylation is 2. The average Bonchev–Trinajstić information content (AvgIpc) is 3.23. The number of amides is 2. The highest BCUT2D eigenvalue weighted by atomic mass is 35.5. The predicted octanol–water partition coefficient (Wildman–Crippen LogP) is -0.00253. The number of anilines is 2. The van der Waals surface area contributed by atoms with Gasteiger partial charge in [-0.1, -0.05) is 60.1 Å². The van der Waals surface area contributed by atoms with Gasteiger partial charge >= 0.3 is 5.97 Å². The maximum atomic E-state index is 13.5. The molecule has 3 aromatic rings. The van der Waals surface area contributed by atoms with E-state index in [-0.39, 0.29) is 66.8 Å². The number of carboxylic acid groups (broad SMARTS) is 1. The number of rotatable bonds is 26. The summed E-state index contributed by atoms with van der Waals surface area (Å²) < 4.78 is 0. The molecule has 0 radical (unpaired) electrons. The number of nitrogens with one attached hydrogen (secondary N) is 4. The third kappa shape index (κ3) is 15.9. The van der Waals surface area contributed by atoms with Gasteiger partial charge in [-0.25, -0.2) is 14.8 Å². The number of aliphatic hydroxyl groups excluding tert-OH is 5. The molecule has 0 saturated carbocycles. The van der Waals surface area contributed by atoms with Gasteiger partial charge in [0.05, 0.1) is 12.7 Å². The zero-order valence-corrected chi connectivity index (χ0v) is 34.2. The highest BCUT2D eigenvalue weighted by Crippen LogP contribution is 2.22. The number of guanidine groups is 1. The summed E-state index contributed by atoms with van der Waals surface area (Å²) in [7, 11) is 0. The first-order valence-corrected chi connectivity index (χ1v) is 20.2. The number of nitrogens with zero attached hydrogens (tertiary/aromatic N) is 3. The molecule has 0 unspecified atom stereocenters. The first-order chi connectivity index (χ1) is 28.7. The molecule has 16 N–H and O–H groups in total. The predicted molar refractivity (Wildman–Crippen MR) is 227 cm³/mol. The van der Waals surface area contributed by atoms with Crippen molar-refractivity contribution >= 4 is 47.0 Å². The van der Waals surface area contributed by atoms with Crippen LogP contribution in [0.15, 0.2) is 48.5 Å². The molecule has 0 fully saturated rings. The Labute approximate surface area is 353 Å². The monoisotopic (exact) mass is 858 g/mol. The van der Waals surface area contributed by atoms with Crippen molar-refractivity contribution in [1.82, 2.24) is 30.8 Å². The minimum atomic E-state index is -1.75. The van der Waals surface area contributed by atoms with Gasteiger partial charge in [0.25, 0.3) is 5.91 Å². The number of aromatic nitrogens is 2. The maximum Gasteiger partial charge on any atom is 0.326 e. The Balaban J connectivity index is 1.46. The Morgan fingerprint density at radius 1 is 0.800 bits per heavy atom. The Kier molecular flexibility index (Phi) is 21.1. The van der Waals surface area contributed by atoms with Gasteiger partial charge < -0.3 is 63.4 Å². The summed E-state index contributed by atoms with van der Waals surface area (Å²) in [6.45, 7) is 0.295. The van der Waals surface area contributed by atoms with E-state index in [4.69, 9.17) is 39.3 Å². The fraction of sp³-hybridized carbons (Fsp3) is 0.500. The Morgan fingerprint density at radius 3 is 2.02 bits per heavy atom. The largest absolute Gasteiger partial charge is 0.480 e. The minimum absolute atomic E-state index is 0.0900. The fourth-order valence-corrected chi connectivity index (χ4v) is 6.40. The van der Waals surface area contributed by atoms with E-state index >= 15 is 0 Å².